The molecular weight excluding hydrogens is 242 g/mol. The Morgan fingerprint density at radius 1 is 1.16 bits per heavy atom. The minimum absolute atomic E-state index is 0.111. The molecule has 0 aliphatic carbocycles. The Balaban J connectivity index is 1.83. The summed E-state index contributed by atoms with van der Waals surface area (Å²) in [6, 6.07) is 7.44. The maximum Gasteiger partial charge on any atom is 0.253 e. The van der Waals surface area contributed by atoms with Gasteiger partial charge in [-0.15, -0.1) is 5.10 Å². The van der Waals surface area contributed by atoms with Gasteiger partial charge in [0.2, 0.25) is 0 Å². The number of nitrogens with zero attached hydrogens (tertiary/aromatic N) is 5. The van der Waals surface area contributed by atoms with Gasteiger partial charge in [-0.3, -0.25) is 4.79 Å². The Hall–Kier alpha value is -2.24. The van der Waals surface area contributed by atoms with Crippen LogP contribution in [0, 0.1) is 0 Å². The fourth-order valence-corrected chi connectivity index (χ4v) is 2.34. The zero-order valence-electron chi connectivity index (χ0n) is 10.8. The summed E-state index contributed by atoms with van der Waals surface area (Å²) in [6.07, 6.45) is 2.21. The lowest BCUT2D eigenvalue weighted by Gasteiger charge is -2.15. The summed E-state index contributed by atoms with van der Waals surface area (Å²) in [5.74, 6) is 0.806. The van der Waals surface area contributed by atoms with Crippen molar-refractivity contribution in [2.75, 3.05) is 13.1 Å². The quantitative estimate of drug-likeness (QED) is 0.808. The van der Waals surface area contributed by atoms with Crippen LogP contribution in [0.3, 0.4) is 0 Å². The number of benzene rings is 1. The molecule has 0 radical (unpaired) electrons. The molecule has 2 aromatic rings. The van der Waals surface area contributed by atoms with Gasteiger partial charge in [-0.05, 0) is 35.4 Å². The monoisotopic (exact) mass is 257 g/mol. The number of amides is 1. The van der Waals surface area contributed by atoms with Crippen molar-refractivity contribution in [3.63, 3.8) is 0 Å². The summed E-state index contributed by atoms with van der Waals surface area (Å²) in [7, 11) is 1.79. The van der Waals surface area contributed by atoms with E-state index in [4.69, 9.17) is 0 Å². The Morgan fingerprint density at radius 3 is 2.42 bits per heavy atom. The van der Waals surface area contributed by atoms with Crippen molar-refractivity contribution in [2.45, 2.75) is 12.8 Å². The molecule has 1 amide bonds. The third kappa shape index (κ3) is 2.21. The van der Waals surface area contributed by atoms with Gasteiger partial charge in [-0.25, -0.2) is 4.68 Å². The molecule has 1 aromatic heterocycles. The summed E-state index contributed by atoms with van der Waals surface area (Å²) in [5, 5.41) is 11.3. The molecule has 0 saturated carbocycles. The van der Waals surface area contributed by atoms with Crippen LogP contribution < -0.4 is 0 Å². The lowest BCUT2D eigenvalue weighted by atomic mass is 10.1. The van der Waals surface area contributed by atoms with Crippen molar-refractivity contribution < 1.29 is 4.79 Å². The predicted molar refractivity (Wildman–Crippen MR) is 69.4 cm³/mol. The Labute approximate surface area is 111 Å². The van der Waals surface area contributed by atoms with Crippen molar-refractivity contribution in [3.05, 3.63) is 29.8 Å². The molecule has 0 atom stereocenters. The number of hydrogen-bond donors (Lipinski definition) is 0. The molecule has 1 aromatic carbocycles. The normalized spacial score (nSPS) is 14.9. The topological polar surface area (TPSA) is 63.9 Å². The van der Waals surface area contributed by atoms with Gasteiger partial charge in [-0.1, -0.05) is 12.1 Å². The van der Waals surface area contributed by atoms with Gasteiger partial charge >= 0.3 is 0 Å². The third-order valence-corrected chi connectivity index (χ3v) is 3.40. The predicted octanol–water partition coefficient (Wildman–Crippen LogP) is 1.11. The molecule has 98 valence electrons. The second-order valence-electron chi connectivity index (χ2n) is 4.70. The highest BCUT2D eigenvalue weighted by Crippen LogP contribution is 2.18. The van der Waals surface area contributed by atoms with E-state index in [1.807, 2.05) is 29.2 Å². The Morgan fingerprint density at radius 2 is 1.84 bits per heavy atom. The molecule has 6 nitrogen and oxygen atoms in total. The lowest BCUT2D eigenvalue weighted by Crippen LogP contribution is -2.27. The number of aromatic nitrogens is 4. The highest BCUT2D eigenvalue weighted by Gasteiger charge is 2.19. The highest BCUT2D eigenvalue weighted by molar-refractivity contribution is 5.94. The SMILES string of the molecule is Cn1nnnc1-c1ccc(C(=O)N2CCCC2)cc1. The second-order valence-corrected chi connectivity index (χ2v) is 4.70. The summed E-state index contributed by atoms with van der Waals surface area (Å²) in [6.45, 7) is 1.74. The zero-order valence-corrected chi connectivity index (χ0v) is 10.8. The molecule has 0 N–H and O–H groups in total. The van der Waals surface area contributed by atoms with Crippen LogP contribution in [0.4, 0.5) is 0 Å². The van der Waals surface area contributed by atoms with Crippen molar-refractivity contribution in [3.8, 4) is 11.4 Å². The molecule has 0 bridgehead atoms. The number of carbonyl (C=O) groups excluding carboxylic acids is 1. The van der Waals surface area contributed by atoms with Crippen LogP contribution in [0.25, 0.3) is 11.4 Å². The summed E-state index contributed by atoms with van der Waals surface area (Å²) >= 11 is 0. The number of hydrogen-bond acceptors (Lipinski definition) is 4. The van der Waals surface area contributed by atoms with Gasteiger partial charge in [0.1, 0.15) is 0 Å². The van der Waals surface area contributed by atoms with Gasteiger partial charge in [-0.2, -0.15) is 0 Å². The van der Waals surface area contributed by atoms with Crippen LogP contribution in [-0.2, 0) is 7.05 Å². The minimum Gasteiger partial charge on any atom is -0.339 e. The van der Waals surface area contributed by atoms with Crippen LogP contribution in [0.5, 0.6) is 0 Å². The molecule has 1 aliphatic rings. The van der Waals surface area contributed by atoms with Gasteiger partial charge in [0.05, 0.1) is 0 Å². The highest BCUT2D eigenvalue weighted by atomic mass is 16.2. The van der Waals surface area contributed by atoms with E-state index in [1.165, 1.54) is 0 Å². The van der Waals surface area contributed by atoms with Crippen LogP contribution >= 0.6 is 0 Å². The summed E-state index contributed by atoms with van der Waals surface area (Å²) < 4.78 is 1.61. The van der Waals surface area contributed by atoms with Gasteiger partial charge < -0.3 is 4.90 Å². The smallest absolute Gasteiger partial charge is 0.253 e. The van der Waals surface area contributed by atoms with Crippen molar-refractivity contribution in [1.29, 1.82) is 0 Å². The van der Waals surface area contributed by atoms with Crippen LogP contribution in [-0.4, -0.2) is 44.1 Å². The largest absolute Gasteiger partial charge is 0.339 e. The van der Waals surface area contributed by atoms with Crippen LogP contribution in [0.1, 0.15) is 23.2 Å². The van der Waals surface area contributed by atoms with E-state index in [1.54, 1.807) is 11.7 Å². The van der Waals surface area contributed by atoms with Crippen molar-refractivity contribution in [1.82, 2.24) is 25.1 Å². The molecule has 1 saturated heterocycles. The first-order valence-corrected chi connectivity index (χ1v) is 6.38. The van der Waals surface area contributed by atoms with Gasteiger partial charge in [0, 0.05) is 31.3 Å². The second kappa shape index (κ2) is 4.79. The Kier molecular flexibility index (Phi) is 2.98. The average Bonchev–Trinajstić information content (AvgIpc) is 3.09. The van der Waals surface area contributed by atoms with E-state index in [9.17, 15) is 4.79 Å². The van der Waals surface area contributed by atoms with E-state index in [-0.39, 0.29) is 5.91 Å². The van der Waals surface area contributed by atoms with Crippen molar-refractivity contribution >= 4 is 5.91 Å². The molecule has 19 heavy (non-hydrogen) atoms. The van der Waals surface area contributed by atoms with Crippen LogP contribution in [0.2, 0.25) is 0 Å². The fraction of sp³-hybridized carbons (Fsp3) is 0.385. The third-order valence-electron chi connectivity index (χ3n) is 3.40. The first kappa shape index (κ1) is 11.8. The first-order chi connectivity index (χ1) is 9.25. The summed E-state index contributed by atoms with van der Waals surface area (Å²) in [5.41, 5.74) is 1.63. The van der Waals surface area contributed by atoms with Crippen molar-refractivity contribution in [2.24, 2.45) is 7.05 Å². The molecular formula is C13H15N5O. The van der Waals surface area contributed by atoms with Gasteiger partial charge in [0.15, 0.2) is 5.82 Å². The number of aryl methyl sites for hydroxylation is 1. The van der Waals surface area contributed by atoms with Crippen LogP contribution in [0.15, 0.2) is 24.3 Å². The molecule has 0 spiro atoms. The van der Waals surface area contributed by atoms with E-state index >= 15 is 0 Å². The zero-order chi connectivity index (χ0) is 13.2. The molecule has 3 rings (SSSR count). The molecule has 1 aliphatic heterocycles. The maximum atomic E-state index is 12.2. The lowest BCUT2D eigenvalue weighted by molar-refractivity contribution is 0.0793. The maximum absolute atomic E-state index is 12.2. The molecule has 1 fully saturated rings. The van der Waals surface area contributed by atoms with E-state index in [2.05, 4.69) is 15.5 Å². The first-order valence-electron chi connectivity index (χ1n) is 6.38. The summed E-state index contributed by atoms with van der Waals surface area (Å²) in [4.78, 5) is 14.1. The number of carbonyl (C=O) groups is 1. The minimum atomic E-state index is 0.111. The molecule has 0 unspecified atom stereocenters. The molecule has 6 heteroatoms. The van der Waals surface area contributed by atoms with E-state index in [0.29, 0.717) is 5.82 Å². The molecule has 2 heterocycles. The van der Waals surface area contributed by atoms with Gasteiger partial charge in [0.25, 0.3) is 5.91 Å². The number of tetrazole rings is 1. The number of likely N-dealkylation sites (tertiary alicyclic amines) is 1. The Bertz CT molecular complexity index is 583. The number of rotatable bonds is 2. The van der Waals surface area contributed by atoms with E-state index in [0.717, 1.165) is 37.1 Å². The average molecular weight is 257 g/mol. The fourth-order valence-electron chi connectivity index (χ4n) is 2.34. The standard InChI is InChI=1S/C13H15N5O/c1-17-12(14-15-16-17)10-4-6-11(7-5-10)13(19)18-8-2-3-9-18/h4-7H,2-3,8-9H2,1H3. The van der Waals surface area contributed by atoms with E-state index < -0.39 is 0 Å².